The first-order valence-electron chi connectivity index (χ1n) is 7.33. The summed E-state index contributed by atoms with van der Waals surface area (Å²) in [7, 11) is -2.23. The first kappa shape index (κ1) is 19.4. The van der Waals surface area contributed by atoms with E-state index >= 15 is 0 Å². The molecule has 0 saturated carbocycles. The van der Waals surface area contributed by atoms with E-state index in [0.29, 0.717) is 17.7 Å². The summed E-state index contributed by atoms with van der Waals surface area (Å²) < 4.78 is 32.7. The SMILES string of the molecule is CCC(=O)NCc1cc(S(=O)(=O)NC(C)(C)CN)ccc1OC. The van der Waals surface area contributed by atoms with E-state index in [1.54, 1.807) is 26.8 Å². The van der Waals surface area contributed by atoms with Gasteiger partial charge in [0.1, 0.15) is 5.75 Å². The van der Waals surface area contributed by atoms with Crippen LogP contribution in [0, 0.1) is 0 Å². The molecule has 1 rings (SSSR count). The molecule has 8 heteroatoms. The maximum absolute atomic E-state index is 12.5. The Morgan fingerprint density at radius 3 is 2.52 bits per heavy atom. The minimum Gasteiger partial charge on any atom is -0.496 e. The number of rotatable bonds is 8. The fraction of sp³-hybridized carbons (Fsp3) is 0.533. The van der Waals surface area contributed by atoms with Crippen molar-refractivity contribution in [3.05, 3.63) is 23.8 Å². The van der Waals surface area contributed by atoms with Gasteiger partial charge in [-0.3, -0.25) is 4.79 Å². The zero-order chi connectivity index (χ0) is 17.7. The predicted molar refractivity (Wildman–Crippen MR) is 88.6 cm³/mol. The lowest BCUT2D eigenvalue weighted by Gasteiger charge is -2.24. The van der Waals surface area contributed by atoms with Crippen LogP contribution in [0.15, 0.2) is 23.1 Å². The van der Waals surface area contributed by atoms with Crippen LogP contribution in [0.4, 0.5) is 0 Å². The van der Waals surface area contributed by atoms with Crippen LogP contribution in [-0.2, 0) is 21.4 Å². The molecule has 0 aliphatic heterocycles. The fourth-order valence-electron chi connectivity index (χ4n) is 1.84. The highest BCUT2D eigenvalue weighted by atomic mass is 32.2. The van der Waals surface area contributed by atoms with Gasteiger partial charge in [-0.15, -0.1) is 0 Å². The Hall–Kier alpha value is -1.64. The second kappa shape index (κ2) is 7.76. The summed E-state index contributed by atoms with van der Waals surface area (Å²) in [6, 6.07) is 4.51. The molecular formula is C15H25N3O4S. The Kier molecular flexibility index (Phi) is 6.55. The summed E-state index contributed by atoms with van der Waals surface area (Å²) in [4.78, 5) is 11.5. The van der Waals surface area contributed by atoms with Gasteiger partial charge in [0.2, 0.25) is 15.9 Å². The van der Waals surface area contributed by atoms with E-state index in [1.807, 2.05) is 0 Å². The second-order valence-corrected chi connectivity index (χ2v) is 7.48. The average Bonchev–Trinajstić information content (AvgIpc) is 2.51. The number of carbonyl (C=O) groups is 1. The molecule has 23 heavy (non-hydrogen) atoms. The van der Waals surface area contributed by atoms with Gasteiger partial charge in [-0.25, -0.2) is 13.1 Å². The summed E-state index contributed by atoms with van der Waals surface area (Å²) in [6.07, 6.45) is 0.354. The molecule has 4 N–H and O–H groups in total. The number of amides is 1. The maximum atomic E-state index is 12.5. The molecule has 0 atom stereocenters. The number of nitrogens with one attached hydrogen (secondary N) is 2. The number of benzene rings is 1. The monoisotopic (exact) mass is 343 g/mol. The molecule has 0 fully saturated rings. The first-order valence-corrected chi connectivity index (χ1v) is 8.81. The largest absolute Gasteiger partial charge is 0.496 e. The van der Waals surface area contributed by atoms with E-state index in [4.69, 9.17) is 10.5 Å². The van der Waals surface area contributed by atoms with Crippen LogP contribution < -0.4 is 20.5 Å². The van der Waals surface area contributed by atoms with Gasteiger partial charge in [0.15, 0.2) is 0 Å². The smallest absolute Gasteiger partial charge is 0.241 e. The number of sulfonamides is 1. The summed E-state index contributed by atoms with van der Waals surface area (Å²) in [5, 5.41) is 2.71. The Labute approximate surface area is 137 Å². The van der Waals surface area contributed by atoms with Crippen LogP contribution in [-0.4, -0.2) is 33.5 Å². The van der Waals surface area contributed by atoms with E-state index in [-0.39, 0.29) is 23.9 Å². The highest BCUT2D eigenvalue weighted by Crippen LogP contribution is 2.23. The van der Waals surface area contributed by atoms with E-state index in [2.05, 4.69) is 10.0 Å². The van der Waals surface area contributed by atoms with Crippen molar-refractivity contribution in [3.8, 4) is 5.75 Å². The van der Waals surface area contributed by atoms with E-state index in [0.717, 1.165) is 0 Å². The second-order valence-electron chi connectivity index (χ2n) is 5.80. The summed E-state index contributed by atoms with van der Waals surface area (Å²) in [6.45, 7) is 5.51. The molecule has 0 bridgehead atoms. The van der Waals surface area contributed by atoms with Gasteiger partial charge in [-0.1, -0.05) is 6.92 Å². The van der Waals surface area contributed by atoms with Crippen LogP contribution in [0.25, 0.3) is 0 Å². The summed E-state index contributed by atoms with van der Waals surface area (Å²) in [5.41, 5.74) is 5.40. The molecule has 0 radical (unpaired) electrons. The minimum atomic E-state index is -3.72. The first-order chi connectivity index (χ1) is 10.6. The third-order valence-electron chi connectivity index (χ3n) is 3.28. The van der Waals surface area contributed by atoms with Gasteiger partial charge in [0.25, 0.3) is 0 Å². The Morgan fingerprint density at radius 2 is 2.00 bits per heavy atom. The van der Waals surface area contributed by atoms with E-state index in [9.17, 15) is 13.2 Å². The van der Waals surface area contributed by atoms with Crippen LogP contribution in [0.1, 0.15) is 32.8 Å². The molecule has 0 unspecified atom stereocenters. The van der Waals surface area contributed by atoms with Gasteiger partial charge < -0.3 is 15.8 Å². The molecule has 1 aromatic rings. The quantitative estimate of drug-likeness (QED) is 0.645. The van der Waals surface area contributed by atoms with Gasteiger partial charge in [-0.2, -0.15) is 0 Å². The number of nitrogens with two attached hydrogens (primary N) is 1. The third kappa shape index (κ3) is 5.49. The lowest BCUT2D eigenvalue weighted by atomic mass is 10.1. The van der Waals surface area contributed by atoms with Gasteiger partial charge in [0, 0.05) is 30.6 Å². The topological polar surface area (TPSA) is 111 Å². The molecule has 0 heterocycles. The molecule has 1 amide bonds. The molecule has 0 spiro atoms. The standard InChI is InChI=1S/C15H25N3O4S/c1-5-14(19)17-9-11-8-12(6-7-13(11)22-4)23(20,21)18-15(2,3)10-16/h6-8,18H,5,9-10,16H2,1-4H3,(H,17,19). The number of hydrogen-bond acceptors (Lipinski definition) is 5. The Bertz CT molecular complexity index is 657. The number of methoxy groups -OCH3 is 1. The van der Waals surface area contributed by atoms with E-state index < -0.39 is 15.6 Å². The fourth-order valence-corrected chi connectivity index (χ4v) is 3.32. The van der Waals surface area contributed by atoms with Crippen molar-refractivity contribution in [1.82, 2.24) is 10.0 Å². The van der Waals surface area contributed by atoms with Crippen molar-refractivity contribution in [1.29, 1.82) is 0 Å². The van der Waals surface area contributed by atoms with Crippen molar-refractivity contribution in [3.63, 3.8) is 0 Å². The zero-order valence-corrected chi connectivity index (χ0v) is 14.8. The van der Waals surface area contributed by atoms with Crippen LogP contribution >= 0.6 is 0 Å². The molecule has 7 nitrogen and oxygen atoms in total. The molecule has 130 valence electrons. The molecule has 1 aromatic carbocycles. The van der Waals surface area contributed by atoms with Crippen LogP contribution in [0.3, 0.4) is 0 Å². The molecule has 0 aliphatic rings. The molecule has 0 aliphatic carbocycles. The lowest BCUT2D eigenvalue weighted by molar-refractivity contribution is -0.120. The van der Waals surface area contributed by atoms with Gasteiger partial charge >= 0.3 is 0 Å². The summed E-state index contributed by atoms with van der Waals surface area (Å²) in [5.74, 6) is 0.390. The van der Waals surface area contributed by atoms with Crippen molar-refractivity contribution >= 4 is 15.9 Å². The lowest BCUT2D eigenvalue weighted by Crippen LogP contribution is -2.48. The normalized spacial score (nSPS) is 12.0. The van der Waals surface area contributed by atoms with Gasteiger partial charge in [0.05, 0.1) is 12.0 Å². The van der Waals surface area contributed by atoms with Crippen molar-refractivity contribution in [2.24, 2.45) is 5.73 Å². The predicted octanol–water partition coefficient (Wildman–Crippen LogP) is 0.737. The number of hydrogen-bond donors (Lipinski definition) is 3. The Balaban J connectivity index is 3.11. The van der Waals surface area contributed by atoms with E-state index in [1.165, 1.54) is 19.2 Å². The number of carbonyl (C=O) groups excluding carboxylic acids is 1. The van der Waals surface area contributed by atoms with Crippen LogP contribution in [0.2, 0.25) is 0 Å². The highest BCUT2D eigenvalue weighted by molar-refractivity contribution is 7.89. The van der Waals surface area contributed by atoms with Gasteiger partial charge in [-0.05, 0) is 32.0 Å². The summed E-state index contributed by atoms with van der Waals surface area (Å²) >= 11 is 0. The highest BCUT2D eigenvalue weighted by Gasteiger charge is 2.25. The molecular weight excluding hydrogens is 318 g/mol. The average molecular weight is 343 g/mol. The molecule has 0 aromatic heterocycles. The van der Waals surface area contributed by atoms with Crippen molar-refractivity contribution in [2.45, 2.75) is 44.2 Å². The third-order valence-corrected chi connectivity index (χ3v) is 4.98. The Morgan fingerprint density at radius 1 is 1.35 bits per heavy atom. The van der Waals surface area contributed by atoms with Crippen LogP contribution in [0.5, 0.6) is 5.75 Å². The van der Waals surface area contributed by atoms with Crippen molar-refractivity contribution in [2.75, 3.05) is 13.7 Å². The molecule has 0 saturated heterocycles. The number of ether oxygens (including phenoxy) is 1. The minimum absolute atomic E-state index is 0.0978. The van der Waals surface area contributed by atoms with Crippen molar-refractivity contribution < 1.29 is 17.9 Å². The zero-order valence-electron chi connectivity index (χ0n) is 14.0. The maximum Gasteiger partial charge on any atom is 0.241 e.